The maximum absolute atomic E-state index is 12.6. The second-order valence-electron chi connectivity index (χ2n) is 6.21. The van der Waals surface area contributed by atoms with Crippen LogP contribution in [0.15, 0.2) is 52.9 Å². The third-order valence-corrected chi connectivity index (χ3v) is 5.17. The van der Waals surface area contributed by atoms with Crippen molar-refractivity contribution in [1.29, 1.82) is 0 Å². The second-order valence-corrected chi connectivity index (χ2v) is 7.40. The monoisotopic (exact) mass is 450 g/mol. The number of rotatable bonds is 6. The molecule has 2 aromatic carbocycles. The number of halogens is 3. The average molecular weight is 452 g/mol. The van der Waals surface area contributed by atoms with Gasteiger partial charge in [0.15, 0.2) is 5.76 Å². The molecule has 0 atom stereocenters. The van der Waals surface area contributed by atoms with Crippen LogP contribution in [0.3, 0.4) is 0 Å². The van der Waals surface area contributed by atoms with Gasteiger partial charge in [0.1, 0.15) is 5.76 Å². The van der Waals surface area contributed by atoms with E-state index in [0.717, 1.165) is 6.42 Å². The van der Waals surface area contributed by atoms with E-state index in [2.05, 4.69) is 10.6 Å². The smallest absolute Gasteiger partial charge is 0.291 e. The van der Waals surface area contributed by atoms with Crippen LogP contribution in [0.4, 0.5) is 11.4 Å². The molecule has 0 saturated carbocycles. The van der Waals surface area contributed by atoms with E-state index >= 15 is 0 Å². The van der Waals surface area contributed by atoms with Crippen molar-refractivity contribution in [1.82, 2.24) is 0 Å². The third-order valence-electron chi connectivity index (χ3n) is 4.02. The standard InChI is InChI=1S/C21H17Cl3N2O3/c1-2-4-19(27)25-12-7-8-14(22)16(11-12)26-21(28)18-10-9-17(29-18)13-5-3-6-15(23)20(13)24/h3,5-11H,2,4H2,1H3,(H,25,27)(H,26,28). The highest BCUT2D eigenvalue weighted by Crippen LogP contribution is 2.34. The molecular weight excluding hydrogens is 435 g/mol. The van der Waals surface area contributed by atoms with Crippen molar-refractivity contribution in [2.45, 2.75) is 19.8 Å². The Kier molecular flexibility index (Phi) is 6.85. The lowest BCUT2D eigenvalue weighted by Crippen LogP contribution is -2.13. The summed E-state index contributed by atoms with van der Waals surface area (Å²) in [4.78, 5) is 24.4. The van der Waals surface area contributed by atoms with Crippen molar-refractivity contribution in [3.8, 4) is 11.3 Å². The second kappa shape index (κ2) is 9.35. The van der Waals surface area contributed by atoms with Crippen molar-refractivity contribution in [2.75, 3.05) is 10.6 Å². The predicted octanol–water partition coefficient (Wildman–Crippen LogP) is 6.90. The van der Waals surface area contributed by atoms with E-state index in [9.17, 15) is 9.59 Å². The van der Waals surface area contributed by atoms with Gasteiger partial charge in [-0.25, -0.2) is 0 Å². The Morgan fingerprint density at radius 1 is 0.966 bits per heavy atom. The van der Waals surface area contributed by atoms with Gasteiger partial charge in [0.2, 0.25) is 5.91 Å². The molecule has 8 heteroatoms. The van der Waals surface area contributed by atoms with Gasteiger partial charge in [-0.2, -0.15) is 0 Å². The Morgan fingerprint density at radius 2 is 1.76 bits per heavy atom. The van der Waals surface area contributed by atoms with Gasteiger partial charge < -0.3 is 15.1 Å². The molecule has 3 rings (SSSR count). The Bertz CT molecular complexity index is 1060. The number of furan rings is 1. The molecule has 5 nitrogen and oxygen atoms in total. The molecule has 2 N–H and O–H groups in total. The molecule has 0 bridgehead atoms. The van der Waals surface area contributed by atoms with E-state index in [1.54, 1.807) is 42.5 Å². The van der Waals surface area contributed by atoms with Crippen molar-refractivity contribution in [3.05, 3.63) is 69.4 Å². The minimum atomic E-state index is -0.492. The highest BCUT2D eigenvalue weighted by molar-refractivity contribution is 6.43. The summed E-state index contributed by atoms with van der Waals surface area (Å²) in [6.07, 6.45) is 1.14. The number of anilines is 2. The lowest BCUT2D eigenvalue weighted by molar-refractivity contribution is -0.116. The molecule has 0 fully saturated rings. The first-order valence-electron chi connectivity index (χ1n) is 8.84. The molecule has 1 heterocycles. The Morgan fingerprint density at radius 3 is 2.52 bits per heavy atom. The molecule has 2 amide bonds. The molecular formula is C21H17Cl3N2O3. The van der Waals surface area contributed by atoms with Crippen molar-refractivity contribution < 1.29 is 14.0 Å². The van der Waals surface area contributed by atoms with Crippen LogP contribution in [0.25, 0.3) is 11.3 Å². The first kappa shape index (κ1) is 21.2. The molecule has 0 aliphatic heterocycles. The molecule has 29 heavy (non-hydrogen) atoms. The molecule has 0 aliphatic rings. The molecule has 3 aromatic rings. The van der Waals surface area contributed by atoms with Crippen LogP contribution in [-0.2, 0) is 4.79 Å². The van der Waals surface area contributed by atoms with Crippen LogP contribution >= 0.6 is 34.8 Å². The lowest BCUT2D eigenvalue weighted by atomic mass is 10.2. The number of nitrogens with one attached hydrogen (secondary N) is 2. The van der Waals surface area contributed by atoms with Gasteiger partial charge in [0.05, 0.1) is 20.8 Å². The minimum absolute atomic E-state index is 0.0764. The zero-order valence-electron chi connectivity index (χ0n) is 15.4. The summed E-state index contributed by atoms with van der Waals surface area (Å²) in [6.45, 7) is 1.92. The normalized spacial score (nSPS) is 10.6. The topological polar surface area (TPSA) is 71.3 Å². The van der Waals surface area contributed by atoms with Crippen LogP contribution in [-0.4, -0.2) is 11.8 Å². The van der Waals surface area contributed by atoms with Gasteiger partial charge in [0.25, 0.3) is 5.91 Å². The summed E-state index contributed by atoms with van der Waals surface area (Å²) in [5, 5.41) is 6.51. The summed E-state index contributed by atoms with van der Waals surface area (Å²) < 4.78 is 5.64. The van der Waals surface area contributed by atoms with Gasteiger partial charge in [-0.15, -0.1) is 0 Å². The molecule has 1 aromatic heterocycles. The zero-order valence-corrected chi connectivity index (χ0v) is 17.7. The van der Waals surface area contributed by atoms with Crippen molar-refractivity contribution in [2.24, 2.45) is 0 Å². The number of hydrogen-bond acceptors (Lipinski definition) is 3. The van der Waals surface area contributed by atoms with E-state index < -0.39 is 5.91 Å². The quantitative estimate of drug-likeness (QED) is 0.428. The van der Waals surface area contributed by atoms with Crippen LogP contribution in [0.2, 0.25) is 15.1 Å². The highest BCUT2D eigenvalue weighted by atomic mass is 35.5. The lowest BCUT2D eigenvalue weighted by Gasteiger charge is -2.10. The Hall–Kier alpha value is -2.47. The van der Waals surface area contributed by atoms with E-state index in [0.29, 0.717) is 44.2 Å². The number of amides is 2. The number of carbonyl (C=O) groups excluding carboxylic acids is 2. The zero-order chi connectivity index (χ0) is 21.0. The number of benzene rings is 2. The maximum Gasteiger partial charge on any atom is 0.291 e. The molecule has 0 aliphatic carbocycles. The van der Waals surface area contributed by atoms with Crippen LogP contribution < -0.4 is 10.6 Å². The predicted molar refractivity (Wildman–Crippen MR) is 117 cm³/mol. The van der Waals surface area contributed by atoms with Gasteiger partial charge >= 0.3 is 0 Å². The fourth-order valence-electron chi connectivity index (χ4n) is 2.63. The van der Waals surface area contributed by atoms with Gasteiger partial charge in [-0.1, -0.05) is 47.8 Å². The summed E-state index contributed by atoms with van der Waals surface area (Å²) in [6, 6.07) is 13.2. The molecule has 0 saturated heterocycles. The van der Waals surface area contributed by atoms with Crippen LogP contribution in [0, 0.1) is 0 Å². The highest BCUT2D eigenvalue weighted by Gasteiger charge is 2.16. The first-order chi connectivity index (χ1) is 13.9. The third kappa shape index (κ3) is 5.12. The van der Waals surface area contributed by atoms with Crippen molar-refractivity contribution >= 4 is 58.0 Å². The van der Waals surface area contributed by atoms with E-state index in [1.807, 2.05) is 6.92 Å². The fourth-order valence-corrected chi connectivity index (χ4v) is 3.19. The van der Waals surface area contributed by atoms with E-state index in [1.165, 1.54) is 6.07 Å². The Balaban J connectivity index is 1.78. The molecule has 0 unspecified atom stereocenters. The van der Waals surface area contributed by atoms with Gasteiger partial charge in [0, 0.05) is 17.7 Å². The van der Waals surface area contributed by atoms with E-state index in [4.69, 9.17) is 39.2 Å². The molecule has 0 spiro atoms. The van der Waals surface area contributed by atoms with Crippen LogP contribution in [0.5, 0.6) is 0 Å². The average Bonchev–Trinajstić information content (AvgIpc) is 3.17. The summed E-state index contributed by atoms with van der Waals surface area (Å²) in [5.74, 6) is -0.114. The van der Waals surface area contributed by atoms with Gasteiger partial charge in [-0.3, -0.25) is 9.59 Å². The molecule has 150 valence electrons. The SMILES string of the molecule is CCCC(=O)Nc1ccc(Cl)c(NC(=O)c2ccc(-c3cccc(Cl)c3Cl)o2)c1. The number of carbonyl (C=O) groups is 2. The Labute approximate surface area is 182 Å². The summed E-state index contributed by atoms with van der Waals surface area (Å²) in [7, 11) is 0. The fraction of sp³-hybridized carbons (Fsp3) is 0.143. The largest absolute Gasteiger partial charge is 0.451 e. The summed E-state index contributed by atoms with van der Waals surface area (Å²) >= 11 is 18.4. The summed E-state index contributed by atoms with van der Waals surface area (Å²) in [5.41, 5.74) is 1.47. The first-order valence-corrected chi connectivity index (χ1v) is 9.97. The number of hydrogen-bond donors (Lipinski definition) is 2. The molecule has 0 radical (unpaired) electrons. The van der Waals surface area contributed by atoms with Crippen molar-refractivity contribution in [3.63, 3.8) is 0 Å². The minimum Gasteiger partial charge on any atom is -0.451 e. The maximum atomic E-state index is 12.6. The van der Waals surface area contributed by atoms with Gasteiger partial charge in [-0.05, 0) is 48.9 Å². The van der Waals surface area contributed by atoms with Crippen LogP contribution in [0.1, 0.15) is 30.3 Å². The van der Waals surface area contributed by atoms with E-state index in [-0.39, 0.29) is 11.7 Å².